The number of anilines is 1. The van der Waals surface area contributed by atoms with Gasteiger partial charge in [-0.2, -0.15) is 0 Å². The van der Waals surface area contributed by atoms with Gasteiger partial charge in [0.1, 0.15) is 5.75 Å². The number of carbonyl (C=O) groups is 1. The van der Waals surface area contributed by atoms with Gasteiger partial charge < -0.3 is 10.1 Å². The molecule has 1 amide bonds. The quantitative estimate of drug-likeness (QED) is 0.706. The summed E-state index contributed by atoms with van der Waals surface area (Å²) in [5, 5.41) is 2.72. The molecule has 0 radical (unpaired) electrons. The lowest BCUT2D eigenvalue weighted by Crippen LogP contribution is -2.30. The Morgan fingerprint density at radius 1 is 1.07 bits per heavy atom. The van der Waals surface area contributed by atoms with Crippen LogP contribution in [-0.2, 0) is 14.8 Å². The third kappa shape index (κ3) is 5.33. The number of ether oxygens (including phenoxy) is 1. The summed E-state index contributed by atoms with van der Waals surface area (Å²) in [6.45, 7) is 5.84. The minimum atomic E-state index is -3.57. The van der Waals surface area contributed by atoms with Gasteiger partial charge in [0.05, 0.1) is 4.90 Å². The lowest BCUT2D eigenvalue weighted by molar-refractivity contribution is -0.122. The van der Waals surface area contributed by atoms with E-state index in [0.29, 0.717) is 17.4 Å². The predicted molar refractivity (Wildman–Crippen MR) is 109 cm³/mol. The first-order valence-corrected chi connectivity index (χ1v) is 10.9. The third-order valence-corrected chi connectivity index (χ3v) is 6.04. The van der Waals surface area contributed by atoms with Gasteiger partial charge in [-0.15, -0.1) is 0 Å². The van der Waals surface area contributed by atoms with Crippen LogP contribution in [0, 0.1) is 0 Å². The van der Waals surface area contributed by atoms with Gasteiger partial charge in [0.15, 0.2) is 6.10 Å². The van der Waals surface area contributed by atoms with Gasteiger partial charge in [0.25, 0.3) is 5.91 Å². The van der Waals surface area contributed by atoms with Crippen molar-refractivity contribution in [2.45, 2.75) is 56.6 Å². The largest absolute Gasteiger partial charge is 0.481 e. The monoisotopic (exact) mass is 402 g/mol. The molecule has 1 saturated carbocycles. The highest BCUT2D eigenvalue weighted by Gasteiger charge is 2.28. The SMILES string of the molecule is CC(Oc1cccc(C(C)C)c1)C(=O)Nc1cccc(S(=O)(=O)NC2CC2)c1. The van der Waals surface area contributed by atoms with Gasteiger partial charge in [-0.3, -0.25) is 4.79 Å². The summed E-state index contributed by atoms with van der Waals surface area (Å²) >= 11 is 0. The van der Waals surface area contributed by atoms with Crippen LogP contribution in [0.2, 0.25) is 0 Å². The van der Waals surface area contributed by atoms with Crippen molar-refractivity contribution in [3.8, 4) is 5.75 Å². The Morgan fingerprint density at radius 2 is 1.79 bits per heavy atom. The van der Waals surface area contributed by atoms with Crippen molar-refractivity contribution in [1.29, 1.82) is 0 Å². The van der Waals surface area contributed by atoms with Crippen LogP contribution in [0.1, 0.15) is 45.1 Å². The molecule has 0 saturated heterocycles. The highest BCUT2D eigenvalue weighted by molar-refractivity contribution is 7.89. The zero-order valence-corrected chi connectivity index (χ0v) is 17.1. The van der Waals surface area contributed by atoms with Crippen molar-refractivity contribution in [2.24, 2.45) is 0 Å². The average Bonchev–Trinajstić information content (AvgIpc) is 3.45. The van der Waals surface area contributed by atoms with Gasteiger partial charge in [0, 0.05) is 11.7 Å². The molecule has 1 aliphatic rings. The van der Waals surface area contributed by atoms with E-state index in [4.69, 9.17) is 4.74 Å². The number of carbonyl (C=O) groups excluding carboxylic acids is 1. The van der Waals surface area contributed by atoms with Gasteiger partial charge in [-0.1, -0.05) is 32.0 Å². The number of amides is 1. The predicted octanol–water partition coefficient (Wildman–Crippen LogP) is 3.66. The van der Waals surface area contributed by atoms with Crippen LogP contribution in [0.5, 0.6) is 5.75 Å². The standard InChI is InChI=1S/C21H26N2O4S/c1-14(2)16-6-4-8-19(12-16)27-15(3)21(24)22-18-7-5-9-20(13-18)28(25,26)23-17-10-11-17/h4-9,12-15,17,23H,10-11H2,1-3H3,(H,22,24). The van der Waals surface area contributed by atoms with Gasteiger partial charge in [0.2, 0.25) is 10.0 Å². The van der Waals surface area contributed by atoms with Crippen molar-refractivity contribution < 1.29 is 17.9 Å². The lowest BCUT2D eigenvalue weighted by atomic mass is 10.0. The first-order chi connectivity index (χ1) is 13.2. The summed E-state index contributed by atoms with van der Waals surface area (Å²) in [6, 6.07) is 13.9. The zero-order valence-electron chi connectivity index (χ0n) is 16.3. The lowest BCUT2D eigenvalue weighted by Gasteiger charge is -2.16. The molecule has 28 heavy (non-hydrogen) atoms. The normalized spacial score (nSPS) is 15.3. The van der Waals surface area contributed by atoms with Crippen LogP contribution in [0.25, 0.3) is 0 Å². The smallest absolute Gasteiger partial charge is 0.265 e. The summed E-state index contributed by atoms with van der Waals surface area (Å²) in [4.78, 5) is 12.6. The Labute approximate surface area is 166 Å². The van der Waals surface area contributed by atoms with E-state index in [9.17, 15) is 13.2 Å². The molecular formula is C21H26N2O4S. The molecule has 7 heteroatoms. The molecule has 3 rings (SSSR count). The average molecular weight is 403 g/mol. The Hall–Kier alpha value is -2.38. The van der Waals surface area contributed by atoms with Crippen LogP contribution < -0.4 is 14.8 Å². The van der Waals surface area contributed by atoms with E-state index in [0.717, 1.165) is 18.4 Å². The van der Waals surface area contributed by atoms with E-state index in [1.807, 2.05) is 24.3 Å². The minimum Gasteiger partial charge on any atom is -0.481 e. The topological polar surface area (TPSA) is 84.5 Å². The fourth-order valence-corrected chi connectivity index (χ4v) is 4.03. The molecule has 0 aliphatic heterocycles. The number of hydrogen-bond acceptors (Lipinski definition) is 4. The molecule has 0 spiro atoms. The number of nitrogens with one attached hydrogen (secondary N) is 2. The second-order valence-electron chi connectivity index (χ2n) is 7.40. The molecule has 150 valence electrons. The van der Waals surface area contributed by atoms with E-state index >= 15 is 0 Å². The van der Waals surface area contributed by atoms with Crippen LogP contribution in [0.3, 0.4) is 0 Å². The molecule has 1 fully saturated rings. The summed E-state index contributed by atoms with van der Waals surface area (Å²) in [6.07, 6.45) is 0.998. The fourth-order valence-electron chi connectivity index (χ4n) is 2.68. The first kappa shape index (κ1) is 20.4. The summed E-state index contributed by atoms with van der Waals surface area (Å²) in [7, 11) is -3.57. The molecule has 2 N–H and O–H groups in total. The maximum Gasteiger partial charge on any atom is 0.265 e. The molecule has 2 aromatic carbocycles. The second kappa shape index (κ2) is 8.32. The third-order valence-electron chi connectivity index (χ3n) is 4.52. The summed E-state index contributed by atoms with van der Waals surface area (Å²) < 4.78 is 33.1. The summed E-state index contributed by atoms with van der Waals surface area (Å²) in [5.41, 5.74) is 1.54. The van der Waals surface area contributed by atoms with E-state index in [1.54, 1.807) is 19.1 Å². The Bertz CT molecular complexity index is 952. The molecule has 6 nitrogen and oxygen atoms in total. The van der Waals surface area contributed by atoms with E-state index in [-0.39, 0.29) is 16.8 Å². The Morgan fingerprint density at radius 3 is 2.46 bits per heavy atom. The number of benzene rings is 2. The number of rotatable bonds is 8. The van der Waals surface area contributed by atoms with Crippen molar-refractivity contribution >= 4 is 21.6 Å². The van der Waals surface area contributed by atoms with Crippen LogP contribution in [0.15, 0.2) is 53.4 Å². The van der Waals surface area contributed by atoms with Gasteiger partial charge >= 0.3 is 0 Å². The Balaban J connectivity index is 1.65. The maximum atomic E-state index is 12.5. The van der Waals surface area contributed by atoms with Crippen LogP contribution >= 0.6 is 0 Å². The van der Waals surface area contributed by atoms with Crippen molar-refractivity contribution in [1.82, 2.24) is 4.72 Å². The van der Waals surface area contributed by atoms with E-state index in [2.05, 4.69) is 23.9 Å². The van der Waals surface area contributed by atoms with Gasteiger partial charge in [-0.05, 0) is 61.6 Å². The highest BCUT2D eigenvalue weighted by Crippen LogP contribution is 2.24. The Kier molecular flexibility index (Phi) is 6.05. The second-order valence-corrected chi connectivity index (χ2v) is 9.11. The molecule has 0 aromatic heterocycles. The van der Waals surface area contributed by atoms with E-state index < -0.39 is 16.1 Å². The molecule has 2 aromatic rings. The van der Waals surface area contributed by atoms with E-state index in [1.165, 1.54) is 12.1 Å². The molecule has 0 bridgehead atoms. The summed E-state index contributed by atoms with van der Waals surface area (Å²) in [5.74, 6) is 0.639. The molecule has 0 heterocycles. The highest BCUT2D eigenvalue weighted by atomic mass is 32.2. The molecule has 1 atom stereocenters. The van der Waals surface area contributed by atoms with Crippen molar-refractivity contribution in [2.75, 3.05) is 5.32 Å². The molecular weight excluding hydrogens is 376 g/mol. The van der Waals surface area contributed by atoms with Crippen molar-refractivity contribution in [3.63, 3.8) is 0 Å². The first-order valence-electron chi connectivity index (χ1n) is 9.44. The minimum absolute atomic E-state index is 0.0262. The maximum absolute atomic E-state index is 12.5. The number of hydrogen-bond donors (Lipinski definition) is 2. The van der Waals surface area contributed by atoms with Crippen molar-refractivity contribution in [3.05, 3.63) is 54.1 Å². The zero-order chi connectivity index (χ0) is 20.3. The van der Waals surface area contributed by atoms with Gasteiger partial charge in [-0.25, -0.2) is 13.1 Å². The van der Waals surface area contributed by atoms with Crippen LogP contribution in [-0.4, -0.2) is 26.5 Å². The molecule has 1 aliphatic carbocycles. The number of sulfonamides is 1. The molecule has 1 unspecified atom stereocenters. The van der Waals surface area contributed by atoms with Crippen LogP contribution in [0.4, 0.5) is 5.69 Å². The fraction of sp³-hybridized carbons (Fsp3) is 0.381.